The molecular weight excluding hydrogens is 172 g/mol. The number of Topliss-reactive ketones (excluding diaryl/α,β-unsaturated/α-hetero) is 1. The third kappa shape index (κ3) is 1.29. The van der Waals surface area contributed by atoms with Crippen molar-refractivity contribution in [2.75, 3.05) is 13.7 Å². The second kappa shape index (κ2) is 3.04. The Labute approximate surface area is 76.8 Å². The molecule has 0 aromatic heterocycles. The van der Waals surface area contributed by atoms with Gasteiger partial charge in [-0.3, -0.25) is 4.79 Å². The van der Waals surface area contributed by atoms with E-state index in [0.29, 0.717) is 25.9 Å². The van der Waals surface area contributed by atoms with Crippen LogP contribution in [-0.4, -0.2) is 42.4 Å². The van der Waals surface area contributed by atoms with Crippen LogP contribution in [0.1, 0.15) is 19.3 Å². The van der Waals surface area contributed by atoms with Gasteiger partial charge in [-0.25, -0.2) is 0 Å². The second-order valence-corrected chi connectivity index (χ2v) is 3.77. The lowest BCUT2D eigenvalue weighted by atomic mass is 9.78. The number of carbonyl (C=O) groups is 1. The fraction of sp³-hybridized carbons (Fsp3) is 0.889. The molecule has 3 atom stereocenters. The van der Waals surface area contributed by atoms with E-state index >= 15 is 0 Å². The number of carbonyl (C=O) groups excluding carboxylic acids is 1. The van der Waals surface area contributed by atoms with E-state index in [1.807, 2.05) is 0 Å². The summed E-state index contributed by atoms with van der Waals surface area (Å²) in [4.78, 5) is 11.2. The van der Waals surface area contributed by atoms with Crippen molar-refractivity contribution in [1.29, 1.82) is 0 Å². The molecule has 1 aliphatic carbocycles. The van der Waals surface area contributed by atoms with E-state index in [4.69, 9.17) is 9.47 Å². The maximum absolute atomic E-state index is 11.2. The van der Waals surface area contributed by atoms with Gasteiger partial charge in [0.1, 0.15) is 11.4 Å². The number of hydrogen-bond donors (Lipinski definition) is 1. The minimum Gasteiger partial charge on any atom is -0.384 e. The number of aliphatic hydroxyl groups is 1. The molecule has 2 aliphatic rings. The molecule has 0 aromatic carbocycles. The van der Waals surface area contributed by atoms with Gasteiger partial charge >= 0.3 is 0 Å². The minimum atomic E-state index is -0.928. The Morgan fingerprint density at radius 3 is 3.08 bits per heavy atom. The lowest BCUT2D eigenvalue weighted by Crippen LogP contribution is -2.55. The highest BCUT2D eigenvalue weighted by Crippen LogP contribution is 2.38. The zero-order valence-corrected chi connectivity index (χ0v) is 7.66. The maximum Gasteiger partial charge on any atom is 0.138 e. The Balaban J connectivity index is 2.22. The molecule has 1 heterocycles. The van der Waals surface area contributed by atoms with Gasteiger partial charge in [0, 0.05) is 26.4 Å². The summed E-state index contributed by atoms with van der Waals surface area (Å²) in [6, 6.07) is 0. The van der Waals surface area contributed by atoms with Gasteiger partial charge in [0.2, 0.25) is 0 Å². The predicted molar refractivity (Wildman–Crippen MR) is 44.3 cm³/mol. The Kier molecular flexibility index (Phi) is 2.14. The van der Waals surface area contributed by atoms with Crippen molar-refractivity contribution in [2.24, 2.45) is 0 Å². The molecule has 0 aromatic rings. The summed E-state index contributed by atoms with van der Waals surface area (Å²) in [5, 5.41) is 10.2. The number of rotatable bonds is 1. The van der Waals surface area contributed by atoms with Crippen LogP contribution in [0.15, 0.2) is 0 Å². The van der Waals surface area contributed by atoms with Gasteiger partial charge in [-0.05, 0) is 0 Å². The molecule has 1 saturated carbocycles. The van der Waals surface area contributed by atoms with Gasteiger partial charge in [0.25, 0.3) is 0 Å². The molecule has 4 nitrogen and oxygen atoms in total. The summed E-state index contributed by atoms with van der Waals surface area (Å²) in [5.41, 5.74) is -0.928. The predicted octanol–water partition coefficient (Wildman–Crippen LogP) is -0.116. The third-order valence-electron chi connectivity index (χ3n) is 3.05. The summed E-state index contributed by atoms with van der Waals surface area (Å²) in [6.45, 7) is 0.522. The van der Waals surface area contributed by atoms with Crippen LogP contribution in [-0.2, 0) is 14.3 Å². The van der Waals surface area contributed by atoms with Crippen molar-refractivity contribution in [2.45, 2.75) is 37.1 Å². The summed E-state index contributed by atoms with van der Waals surface area (Å²) >= 11 is 0. The van der Waals surface area contributed by atoms with Crippen molar-refractivity contribution >= 4 is 5.78 Å². The molecule has 1 saturated heterocycles. The van der Waals surface area contributed by atoms with Crippen LogP contribution < -0.4 is 0 Å². The Morgan fingerprint density at radius 1 is 1.62 bits per heavy atom. The van der Waals surface area contributed by atoms with Gasteiger partial charge in [-0.1, -0.05) is 0 Å². The van der Waals surface area contributed by atoms with E-state index in [-0.39, 0.29) is 18.0 Å². The van der Waals surface area contributed by atoms with Crippen molar-refractivity contribution in [3.63, 3.8) is 0 Å². The first-order valence-electron chi connectivity index (χ1n) is 4.55. The molecule has 13 heavy (non-hydrogen) atoms. The summed E-state index contributed by atoms with van der Waals surface area (Å²) in [6.07, 6.45) is 0.479. The number of ether oxygens (including phenoxy) is 2. The Morgan fingerprint density at radius 2 is 2.38 bits per heavy atom. The maximum atomic E-state index is 11.2. The summed E-state index contributed by atoms with van der Waals surface area (Å²) in [5.74, 6) is 0.114. The van der Waals surface area contributed by atoms with Crippen LogP contribution in [0, 0.1) is 0 Å². The number of hydrogen-bond acceptors (Lipinski definition) is 4. The van der Waals surface area contributed by atoms with Crippen LogP contribution in [0.3, 0.4) is 0 Å². The highest BCUT2D eigenvalue weighted by Gasteiger charge is 2.53. The Bertz CT molecular complexity index is 228. The van der Waals surface area contributed by atoms with Crippen LogP contribution in [0.4, 0.5) is 0 Å². The van der Waals surface area contributed by atoms with Crippen molar-refractivity contribution in [3.8, 4) is 0 Å². The van der Waals surface area contributed by atoms with Gasteiger partial charge < -0.3 is 14.6 Å². The Hall–Kier alpha value is -0.450. The highest BCUT2D eigenvalue weighted by atomic mass is 16.5. The van der Waals surface area contributed by atoms with Crippen molar-refractivity contribution in [3.05, 3.63) is 0 Å². The second-order valence-electron chi connectivity index (χ2n) is 3.77. The number of ketones is 1. The molecule has 2 rings (SSSR count). The zero-order valence-electron chi connectivity index (χ0n) is 7.66. The third-order valence-corrected chi connectivity index (χ3v) is 3.05. The van der Waals surface area contributed by atoms with Gasteiger partial charge in [0.05, 0.1) is 18.8 Å². The standard InChI is InChI=1S/C9H14O4/c1-12-7-4-6(10)5-8-9(7,11)2-3-13-8/h7-8,11H,2-5H2,1H3/t7-,8+,9+/m1/s1. The first-order valence-corrected chi connectivity index (χ1v) is 4.55. The van der Waals surface area contributed by atoms with Crippen LogP contribution >= 0.6 is 0 Å². The largest absolute Gasteiger partial charge is 0.384 e. The van der Waals surface area contributed by atoms with Crippen LogP contribution in [0.25, 0.3) is 0 Å². The molecule has 4 heteroatoms. The number of fused-ring (bicyclic) bond motifs is 1. The smallest absolute Gasteiger partial charge is 0.138 e. The van der Waals surface area contributed by atoms with E-state index in [1.165, 1.54) is 7.11 Å². The molecule has 1 aliphatic heterocycles. The molecule has 0 unspecified atom stereocenters. The van der Waals surface area contributed by atoms with E-state index in [1.54, 1.807) is 0 Å². The molecule has 2 fully saturated rings. The fourth-order valence-electron chi connectivity index (χ4n) is 2.24. The van der Waals surface area contributed by atoms with E-state index < -0.39 is 5.60 Å². The molecule has 0 bridgehead atoms. The normalized spacial score (nSPS) is 44.9. The lowest BCUT2D eigenvalue weighted by molar-refractivity contribution is -0.163. The molecule has 0 amide bonds. The average molecular weight is 186 g/mol. The van der Waals surface area contributed by atoms with Gasteiger partial charge in [-0.15, -0.1) is 0 Å². The van der Waals surface area contributed by atoms with E-state index in [2.05, 4.69) is 0 Å². The zero-order chi connectivity index (χ0) is 9.47. The summed E-state index contributed by atoms with van der Waals surface area (Å²) in [7, 11) is 1.52. The molecular formula is C9H14O4. The SMILES string of the molecule is CO[C@@H]1CC(=O)C[C@@H]2OCC[C@@]21O. The van der Waals surface area contributed by atoms with Crippen LogP contribution in [0.2, 0.25) is 0 Å². The highest BCUT2D eigenvalue weighted by molar-refractivity contribution is 5.81. The first kappa shape index (κ1) is 9.12. The topological polar surface area (TPSA) is 55.8 Å². The molecule has 0 spiro atoms. The van der Waals surface area contributed by atoms with Crippen LogP contribution in [0.5, 0.6) is 0 Å². The average Bonchev–Trinajstić information content (AvgIpc) is 2.46. The fourth-order valence-corrected chi connectivity index (χ4v) is 2.24. The van der Waals surface area contributed by atoms with E-state index in [9.17, 15) is 9.90 Å². The summed E-state index contributed by atoms with van der Waals surface area (Å²) < 4.78 is 10.4. The monoisotopic (exact) mass is 186 g/mol. The van der Waals surface area contributed by atoms with Gasteiger partial charge in [0.15, 0.2) is 0 Å². The first-order chi connectivity index (χ1) is 6.16. The number of methoxy groups -OCH3 is 1. The minimum absolute atomic E-state index is 0.114. The van der Waals surface area contributed by atoms with Crippen molar-refractivity contribution < 1.29 is 19.4 Å². The van der Waals surface area contributed by atoms with Crippen molar-refractivity contribution in [1.82, 2.24) is 0 Å². The lowest BCUT2D eigenvalue weighted by Gasteiger charge is -2.38. The molecule has 0 radical (unpaired) electrons. The van der Waals surface area contributed by atoms with E-state index in [0.717, 1.165) is 0 Å². The molecule has 74 valence electrons. The molecule has 1 N–H and O–H groups in total. The van der Waals surface area contributed by atoms with Gasteiger partial charge in [-0.2, -0.15) is 0 Å². The quantitative estimate of drug-likeness (QED) is 0.620.